The molecule has 0 aliphatic heterocycles. The first-order valence-electron chi connectivity index (χ1n) is 8.47. The Morgan fingerprint density at radius 2 is 1.90 bits per heavy atom. The number of rotatable bonds is 9. The van der Waals surface area contributed by atoms with Crippen molar-refractivity contribution >= 4 is 27.8 Å². The molecule has 2 aromatic rings. The van der Waals surface area contributed by atoms with Crippen LogP contribution in [0.2, 0.25) is 0 Å². The van der Waals surface area contributed by atoms with Crippen LogP contribution in [0.5, 0.6) is 11.5 Å². The highest BCUT2D eigenvalue weighted by atomic mass is 32.2. The Kier molecular flexibility index (Phi) is 7.57. The summed E-state index contributed by atoms with van der Waals surface area (Å²) < 4.78 is 35.8. The molecule has 2 rings (SSSR count). The average molecular weight is 421 g/mol. The van der Waals surface area contributed by atoms with Crippen molar-refractivity contribution < 1.29 is 27.5 Å². The molecule has 0 aromatic heterocycles. The van der Waals surface area contributed by atoms with Gasteiger partial charge in [-0.05, 0) is 36.4 Å². The Labute approximate surface area is 169 Å². The molecule has 0 spiro atoms. The van der Waals surface area contributed by atoms with Crippen molar-refractivity contribution in [3.05, 3.63) is 48.0 Å². The molecule has 0 fully saturated rings. The number of nitrogens with zero attached hydrogens (tertiary/aromatic N) is 2. The second-order valence-electron chi connectivity index (χ2n) is 5.98. The van der Waals surface area contributed by atoms with Gasteiger partial charge in [0.15, 0.2) is 6.61 Å². The summed E-state index contributed by atoms with van der Waals surface area (Å²) in [7, 11) is 2.34. The van der Waals surface area contributed by atoms with Gasteiger partial charge in [-0.1, -0.05) is 11.2 Å². The number of oxime groups is 1. The molecule has 10 heteroatoms. The normalized spacial score (nSPS) is 11.5. The van der Waals surface area contributed by atoms with Gasteiger partial charge in [0.25, 0.3) is 5.91 Å². The van der Waals surface area contributed by atoms with E-state index in [4.69, 9.17) is 14.3 Å². The summed E-state index contributed by atoms with van der Waals surface area (Å²) >= 11 is 0. The molecule has 2 aromatic carbocycles. The molecule has 0 atom stereocenters. The highest BCUT2D eigenvalue weighted by Crippen LogP contribution is 2.22. The lowest BCUT2D eigenvalue weighted by molar-refractivity contribution is -0.120. The molecule has 0 unspecified atom stereocenters. The molecule has 0 saturated heterocycles. The van der Waals surface area contributed by atoms with Gasteiger partial charge < -0.3 is 19.6 Å². The number of sulfonamides is 1. The van der Waals surface area contributed by atoms with E-state index in [-0.39, 0.29) is 11.5 Å². The third kappa shape index (κ3) is 5.93. The van der Waals surface area contributed by atoms with Crippen LogP contribution < -0.4 is 14.8 Å². The summed E-state index contributed by atoms with van der Waals surface area (Å²) in [5.41, 5.74) is 0.953. The molecular formula is C19H23N3O6S. The molecule has 0 saturated carbocycles. The maximum atomic E-state index is 12.2. The summed E-state index contributed by atoms with van der Waals surface area (Å²) in [5, 5.41) is 6.33. The van der Waals surface area contributed by atoms with Crippen molar-refractivity contribution in [2.45, 2.75) is 4.90 Å². The van der Waals surface area contributed by atoms with Crippen LogP contribution >= 0.6 is 0 Å². The molecule has 0 heterocycles. The second kappa shape index (κ2) is 9.89. The van der Waals surface area contributed by atoms with Crippen molar-refractivity contribution in [3.63, 3.8) is 0 Å². The van der Waals surface area contributed by atoms with E-state index in [1.165, 1.54) is 39.6 Å². The van der Waals surface area contributed by atoms with Gasteiger partial charge in [-0.15, -0.1) is 0 Å². The number of methoxy groups -OCH3 is 2. The molecular weight excluding hydrogens is 398 g/mol. The number of anilines is 1. The van der Waals surface area contributed by atoms with Gasteiger partial charge in [-0.3, -0.25) is 4.79 Å². The maximum absolute atomic E-state index is 12.2. The van der Waals surface area contributed by atoms with E-state index < -0.39 is 15.9 Å². The Balaban J connectivity index is 1.97. The van der Waals surface area contributed by atoms with Gasteiger partial charge in [0, 0.05) is 25.3 Å². The van der Waals surface area contributed by atoms with Crippen LogP contribution in [0, 0.1) is 0 Å². The van der Waals surface area contributed by atoms with Crippen molar-refractivity contribution in [2.24, 2.45) is 5.16 Å². The zero-order valence-electron chi connectivity index (χ0n) is 16.6. The van der Waals surface area contributed by atoms with Gasteiger partial charge >= 0.3 is 0 Å². The fourth-order valence-electron chi connectivity index (χ4n) is 2.27. The first-order chi connectivity index (χ1) is 13.8. The van der Waals surface area contributed by atoms with Gasteiger partial charge in [-0.25, -0.2) is 12.7 Å². The van der Waals surface area contributed by atoms with Gasteiger partial charge in [0.05, 0.1) is 25.3 Å². The lowest BCUT2D eigenvalue weighted by Gasteiger charge is -2.12. The highest BCUT2D eigenvalue weighted by Gasteiger charge is 2.17. The summed E-state index contributed by atoms with van der Waals surface area (Å²) in [5.74, 6) is 0.707. The van der Waals surface area contributed by atoms with E-state index in [2.05, 4.69) is 10.5 Å². The van der Waals surface area contributed by atoms with Crippen LogP contribution in [-0.4, -0.2) is 59.8 Å². The van der Waals surface area contributed by atoms with Crippen LogP contribution in [0.25, 0.3) is 0 Å². The van der Waals surface area contributed by atoms with Crippen molar-refractivity contribution in [3.8, 4) is 11.5 Å². The average Bonchev–Trinajstić information content (AvgIpc) is 2.71. The molecule has 9 nitrogen and oxygen atoms in total. The largest absolute Gasteiger partial charge is 0.497 e. The first-order valence-corrected chi connectivity index (χ1v) is 9.91. The highest BCUT2D eigenvalue weighted by molar-refractivity contribution is 7.89. The summed E-state index contributed by atoms with van der Waals surface area (Å²) in [6, 6.07) is 11.1. The third-order valence-corrected chi connectivity index (χ3v) is 5.61. The Bertz CT molecular complexity index is 989. The second-order valence-corrected chi connectivity index (χ2v) is 8.13. The van der Waals surface area contributed by atoms with E-state index >= 15 is 0 Å². The molecule has 156 valence electrons. The number of carbonyl (C=O) groups is 1. The quantitative estimate of drug-likeness (QED) is 0.490. The smallest absolute Gasteiger partial charge is 0.265 e. The fraction of sp³-hybridized carbons (Fsp3) is 0.263. The minimum absolute atomic E-state index is 0.0735. The lowest BCUT2D eigenvalue weighted by atomic mass is 10.2. The number of nitrogens with one attached hydrogen (secondary N) is 1. The monoisotopic (exact) mass is 421 g/mol. The van der Waals surface area contributed by atoms with Crippen LogP contribution in [0.1, 0.15) is 5.56 Å². The van der Waals surface area contributed by atoms with E-state index in [1.54, 1.807) is 37.4 Å². The number of benzene rings is 2. The number of carbonyl (C=O) groups excluding carboxylic acids is 1. The number of hydrogen-bond donors (Lipinski definition) is 1. The van der Waals surface area contributed by atoms with E-state index in [0.717, 1.165) is 4.31 Å². The van der Waals surface area contributed by atoms with Crippen LogP contribution in [0.3, 0.4) is 0 Å². The zero-order chi connectivity index (χ0) is 21.4. The maximum Gasteiger partial charge on any atom is 0.265 e. The van der Waals surface area contributed by atoms with Gasteiger partial charge in [-0.2, -0.15) is 0 Å². The summed E-state index contributed by atoms with van der Waals surface area (Å²) in [6.07, 6.45) is 1.40. The van der Waals surface area contributed by atoms with Crippen LogP contribution in [-0.2, 0) is 19.7 Å². The van der Waals surface area contributed by atoms with Gasteiger partial charge in [0.2, 0.25) is 10.0 Å². The molecule has 0 radical (unpaired) electrons. The fourth-order valence-corrected chi connectivity index (χ4v) is 3.22. The number of ether oxygens (including phenoxy) is 2. The Hall–Kier alpha value is -3.11. The Morgan fingerprint density at radius 3 is 2.55 bits per heavy atom. The predicted octanol–water partition coefficient (Wildman–Crippen LogP) is 1.94. The minimum atomic E-state index is -3.59. The molecule has 1 N–H and O–H groups in total. The summed E-state index contributed by atoms with van der Waals surface area (Å²) in [6.45, 7) is -0.354. The van der Waals surface area contributed by atoms with Crippen molar-refractivity contribution in [1.82, 2.24) is 4.31 Å². The molecule has 29 heavy (non-hydrogen) atoms. The van der Waals surface area contributed by atoms with E-state index in [0.29, 0.717) is 22.7 Å². The number of hydrogen-bond acceptors (Lipinski definition) is 7. The molecule has 0 bridgehead atoms. The first kappa shape index (κ1) is 22.2. The van der Waals surface area contributed by atoms with Crippen molar-refractivity contribution in [1.29, 1.82) is 0 Å². The Morgan fingerprint density at radius 1 is 1.14 bits per heavy atom. The summed E-state index contributed by atoms with van der Waals surface area (Å²) in [4.78, 5) is 17.1. The molecule has 0 aliphatic rings. The minimum Gasteiger partial charge on any atom is -0.497 e. The van der Waals surface area contributed by atoms with E-state index in [9.17, 15) is 13.2 Å². The van der Waals surface area contributed by atoms with Crippen LogP contribution in [0.4, 0.5) is 5.69 Å². The molecule has 0 aliphatic carbocycles. The van der Waals surface area contributed by atoms with Gasteiger partial charge in [0.1, 0.15) is 11.5 Å². The SMILES string of the molecule is COc1ccc(OC)c(/C=N\OCC(=O)Nc2cccc(S(=O)(=O)N(C)C)c2)c1. The van der Waals surface area contributed by atoms with Crippen LogP contribution in [0.15, 0.2) is 52.5 Å². The van der Waals surface area contributed by atoms with E-state index in [1.807, 2.05) is 0 Å². The standard InChI is InChI=1S/C19H23N3O6S/c1-22(2)29(24,25)17-7-5-6-15(11-17)21-19(23)13-28-20-12-14-10-16(26-3)8-9-18(14)27-4/h5-12H,13H2,1-4H3,(H,21,23)/b20-12-. The lowest BCUT2D eigenvalue weighted by Crippen LogP contribution is -2.22. The topological polar surface area (TPSA) is 107 Å². The third-order valence-electron chi connectivity index (χ3n) is 3.80. The number of amides is 1. The zero-order valence-corrected chi connectivity index (χ0v) is 17.4. The van der Waals surface area contributed by atoms with Crippen molar-refractivity contribution in [2.75, 3.05) is 40.2 Å². The molecule has 1 amide bonds. The predicted molar refractivity (Wildman–Crippen MR) is 109 cm³/mol.